The van der Waals surface area contributed by atoms with E-state index in [4.69, 9.17) is 11.6 Å². The zero-order valence-corrected chi connectivity index (χ0v) is 15.2. The summed E-state index contributed by atoms with van der Waals surface area (Å²) in [6.45, 7) is 7.44. The van der Waals surface area contributed by atoms with E-state index in [1.165, 1.54) is 10.4 Å². The number of rotatable bonds is 6. The van der Waals surface area contributed by atoms with Crippen molar-refractivity contribution >= 4 is 27.5 Å². The fraction of sp³-hybridized carbons (Fsp3) is 0.438. The molecule has 24 heavy (non-hydrogen) atoms. The third-order valence-electron chi connectivity index (χ3n) is 4.08. The van der Waals surface area contributed by atoms with E-state index in [2.05, 4.69) is 11.9 Å². The van der Waals surface area contributed by atoms with Crippen molar-refractivity contribution in [3.05, 3.63) is 41.9 Å². The minimum absolute atomic E-state index is 0.0858. The molecule has 1 unspecified atom stereocenters. The molecule has 6 nitrogen and oxygen atoms in total. The van der Waals surface area contributed by atoms with Crippen LogP contribution in [0.25, 0.3) is 0 Å². The predicted octanol–water partition coefficient (Wildman–Crippen LogP) is 1.34. The van der Waals surface area contributed by atoms with Crippen molar-refractivity contribution in [3.8, 4) is 0 Å². The number of piperazine rings is 1. The van der Waals surface area contributed by atoms with Gasteiger partial charge in [0, 0.05) is 32.7 Å². The van der Waals surface area contributed by atoms with Crippen LogP contribution >= 0.6 is 11.6 Å². The molecule has 1 aliphatic rings. The Hall–Kier alpha value is -1.41. The summed E-state index contributed by atoms with van der Waals surface area (Å²) in [5, 5.41) is 2.98. The van der Waals surface area contributed by atoms with E-state index < -0.39 is 10.0 Å². The minimum atomic E-state index is -3.62. The topological polar surface area (TPSA) is 69.7 Å². The Morgan fingerprint density at radius 2 is 1.96 bits per heavy atom. The monoisotopic (exact) mass is 371 g/mol. The number of carbonyl (C=O) groups excluding carboxylic acids is 1. The first-order chi connectivity index (χ1) is 11.4. The third-order valence-corrected chi connectivity index (χ3v) is 6.47. The molecular formula is C16H22ClN3O3S. The molecule has 1 atom stereocenters. The van der Waals surface area contributed by atoms with Crippen LogP contribution in [0.3, 0.4) is 0 Å². The van der Waals surface area contributed by atoms with Gasteiger partial charge in [-0.05, 0) is 19.1 Å². The number of benzene rings is 1. The highest BCUT2D eigenvalue weighted by Gasteiger charge is 2.32. The summed E-state index contributed by atoms with van der Waals surface area (Å²) in [5.41, 5.74) is 0. The summed E-state index contributed by atoms with van der Waals surface area (Å²) >= 11 is 6.02. The van der Waals surface area contributed by atoms with E-state index in [-0.39, 0.29) is 21.9 Å². The van der Waals surface area contributed by atoms with E-state index >= 15 is 0 Å². The molecule has 0 radical (unpaired) electrons. The summed E-state index contributed by atoms with van der Waals surface area (Å²) in [6.07, 6.45) is 1.62. The number of halogens is 1. The summed E-state index contributed by atoms with van der Waals surface area (Å²) in [4.78, 5) is 14.1. The first-order valence-electron chi connectivity index (χ1n) is 7.75. The molecule has 1 heterocycles. The van der Waals surface area contributed by atoms with Crippen molar-refractivity contribution in [2.24, 2.45) is 0 Å². The van der Waals surface area contributed by atoms with Crippen molar-refractivity contribution < 1.29 is 13.2 Å². The van der Waals surface area contributed by atoms with Gasteiger partial charge in [0.25, 0.3) is 0 Å². The lowest BCUT2D eigenvalue weighted by molar-refractivity contribution is -0.126. The number of sulfonamides is 1. The molecule has 1 aromatic rings. The number of hydrogen-bond acceptors (Lipinski definition) is 4. The molecule has 1 saturated heterocycles. The molecular weight excluding hydrogens is 350 g/mol. The normalized spacial score (nSPS) is 18.1. The number of hydrogen-bond donors (Lipinski definition) is 1. The summed E-state index contributed by atoms with van der Waals surface area (Å²) in [6, 6.07) is 6.12. The Morgan fingerprint density at radius 3 is 2.54 bits per heavy atom. The zero-order chi connectivity index (χ0) is 17.7. The summed E-state index contributed by atoms with van der Waals surface area (Å²) < 4.78 is 26.8. The van der Waals surface area contributed by atoms with Crippen LogP contribution in [0.5, 0.6) is 0 Å². The molecule has 1 aromatic carbocycles. The van der Waals surface area contributed by atoms with Crippen molar-refractivity contribution in [2.45, 2.75) is 17.9 Å². The van der Waals surface area contributed by atoms with Crippen molar-refractivity contribution in [3.63, 3.8) is 0 Å². The lowest BCUT2D eigenvalue weighted by Crippen LogP contribution is -2.54. The molecule has 0 spiro atoms. The molecule has 0 aliphatic carbocycles. The molecule has 0 aromatic heterocycles. The molecule has 0 bridgehead atoms. The molecule has 2 rings (SSSR count). The fourth-order valence-electron chi connectivity index (χ4n) is 2.61. The predicted molar refractivity (Wildman–Crippen MR) is 94.5 cm³/mol. The van der Waals surface area contributed by atoms with Crippen LogP contribution in [0, 0.1) is 0 Å². The van der Waals surface area contributed by atoms with Crippen molar-refractivity contribution in [1.29, 1.82) is 0 Å². The van der Waals surface area contributed by atoms with Gasteiger partial charge in [0.2, 0.25) is 15.9 Å². The second kappa shape index (κ2) is 8.11. The van der Waals surface area contributed by atoms with Crippen LogP contribution in [0.15, 0.2) is 41.8 Å². The van der Waals surface area contributed by atoms with Crippen molar-refractivity contribution in [2.75, 3.05) is 32.7 Å². The van der Waals surface area contributed by atoms with Crippen LogP contribution in [0.2, 0.25) is 5.02 Å². The number of amides is 1. The second-order valence-corrected chi connectivity index (χ2v) is 7.89. The van der Waals surface area contributed by atoms with Gasteiger partial charge >= 0.3 is 0 Å². The first-order valence-corrected chi connectivity index (χ1v) is 9.57. The maximum Gasteiger partial charge on any atom is 0.244 e. The maximum absolute atomic E-state index is 12.7. The quantitative estimate of drug-likeness (QED) is 0.766. The highest BCUT2D eigenvalue weighted by atomic mass is 35.5. The van der Waals surface area contributed by atoms with E-state index in [0.29, 0.717) is 32.7 Å². The molecule has 1 aliphatic heterocycles. The number of nitrogens with zero attached hydrogens (tertiary/aromatic N) is 2. The van der Waals surface area contributed by atoms with Gasteiger partial charge in [0.1, 0.15) is 4.90 Å². The van der Waals surface area contributed by atoms with Crippen LogP contribution in [0.4, 0.5) is 0 Å². The van der Waals surface area contributed by atoms with Gasteiger partial charge in [0.05, 0.1) is 11.1 Å². The number of nitrogens with one attached hydrogen (secondary N) is 1. The van der Waals surface area contributed by atoms with Gasteiger partial charge in [0.15, 0.2) is 0 Å². The Labute approximate surface area is 148 Å². The largest absolute Gasteiger partial charge is 0.351 e. The average Bonchev–Trinajstić information content (AvgIpc) is 2.59. The summed E-state index contributed by atoms with van der Waals surface area (Å²) in [5.74, 6) is -0.0858. The Bertz CT molecular complexity index is 700. The SMILES string of the molecule is C=CCNC(=O)C(C)N1CCN(S(=O)(=O)c2ccccc2Cl)CC1. The van der Waals surface area contributed by atoms with Gasteiger partial charge in [-0.2, -0.15) is 4.31 Å². The Morgan fingerprint density at radius 1 is 1.33 bits per heavy atom. The molecule has 132 valence electrons. The van der Waals surface area contributed by atoms with Gasteiger partial charge in [-0.15, -0.1) is 6.58 Å². The lowest BCUT2D eigenvalue weighted by Gasteiger charge is -2.36. The second-order valence-electron chi connectivity index (χ2n) is 5.58. The molecule has 1 amide bonds. The smallest absolute Gasteiger partial charge is 0.244 e. The Balaban J connectivity index is 2.01. The summed E-state index contributed by atoms with van der Waals surface area (Å²) in [7, 11) is -3.62. The van der Waals surface area contributed by atoms with Crippen molar-refractivity contribution in [1.82, 2.24) is 14.5 Å². The maximum atomic E-state index is 12.7. The Kier molecular flexibility index (Phi) is 6.40. The highest BCUT2D eigenvalue weighted by Crippen LogP contribution is 2.25. The molecule has 8 heteroatoms. The van der Waals surface area contributed by atoms with Crippen LogP contribution < -0.4 is 5.32 Å². The van der Waals surface area contributed by atoms with Crippen LogP contribution in [0.1, 0.15) is 6.92 Å². The highest BCUT2D eigenvalue weighted by molar-refractivity contribution is 7.89. The van der Waals surface area contributed by atoms with Crippen LogP contribution in [-0.2, 0) is 14.8 Å². The van der Waals surface area contributed by atoms with Gasteiger partial charge < -0.3 is 5.32 Å². The molecule has 1 fully saturated rings. The van der Waals surface area contributed by atoms with Gasteiger partial charge in [-0.3, -0.25) is 9.69 Å². The van der Waals surface area contributed by atoms with E-state index in [0.717, 1.165) is 0 Å². The van der Waals surface area contributed by atoms with Crippen LogP contribution in [-0.4, -0.2) is 62.3 Å². The molecule has 1 N–H and O–H groups in total. The average molecular weight is 372 g/mol. The minimum Gasteiger partial charge on any atom is -0.351 e. The lowest BCUT2D eigenvalue weighted by atomic mass is 10.2. The third kappa shape index (κ3) is 4.16. The van der Waals surface area contributed by atoms with E-state index in [1.54, 1.807) is 24.3 Å². The molecule has 0 saturated carbocycles. The van der Waals surface area contributed by atoms with E-state index in [9.17, 15) is 13.2 Å². The number of carbonyl (C=O) groups is 1. The fourth-order valence-corrected chi connectivity index (χ4v) is 4.53. The van der Waals surface area contributed by atoms with Gasteiger partial charge in [-0.25, -0.2) is 8.42 Å². The zero-order valence-electron chi connectivity index (χ0n) is 13.6. The standard InChI is InChI=1S/C16H22ClN3O3S/c1-3-8-18-16(21)13(2)19-9-11-20(12-10-19)24(22,23)15-7-5-4-6-14(15)17/h3-7,13H,1,8-12H2,2H3,(H,18,21). The van der Waals surface area contributed by atoms with E-state index in [1.807, 2.05) is 11.8 Å². The first kappa shape index (κ1) is 18.9. The van der Waals surface area contributed by atoms with Gasteiger partial charge in [-0.1, -0.05) is 29.8 Å².